The zero-order valence-corrected chi connectivity index (χ0v) is 11.0. The summed E-state index contributed by atoms with van der Waals surface area (Å²) in [5.41, 5.74) is 0. The van der Waals surface area contributed by atoms with Gasteiger partial charge in [-0.2, -0.15) is 0 Å². The van der Waals surface area contributed by atoms with E-state index in [1.54, 1.807) is 4.90 Å². The topological polar surface area (TPSA) is 42.0 Å². The van der Waals surface area contributed by atoms with Crippen LogP contribution in [0.4, 0.5) is 4.79 Å². The van der Waals surface area contributed by atoms with Gasteiger partial charge in [-0.15, -0.1) is 0 Å². The Morgan fingerprint density at radius 2 is 2.12 bits per heavy atom. The van der Waals surface area contributed by atoms with Gasteiger partial charge >= 0.3 is 6.09 Å². The first-order valence-corrected chi connectivity index (χ1v) is 5.72. The Labute approximate surface area is 98.3 Å². The molecule has 1 unspecified atom stereocenters. The van der Waals surface area contributed by atoms with Crippen LogP contribution >= 0.6 is 0 Å². The molecule has 0 bridgehead atoms. The van der Waals surface area contributed by atoms with Gasteiger partial charge in [0.05, 0.1) is 26.4 Å². The zero-order chi connectivity index (χ0) is 12.6. The van der Waals surface area contributed by atoms with Gasteiger partial charge in [0.15, 0.2) is 0 Å². The van der Waals surface area contributed by atoms with Crippen molar-refractivity contribution in [2.24, 2.45) is 0 Å². The second kappa shape index (κ2) is 8.35. The Morgan fingerprint density at radius 3 is 2.62 bits per heavy atom. The van der Waals surface area contributed by atoms with Crippen molar-refractivity contribution in [3.63, 3.8) is 0 Å². The number of nitrogens with zero attached hydrogens (tertiary/aromatic N) is 2. The Morgan fingerprint density at radius 1 is 1.50 bits per heavy atom. The van der Waals surface area contributed by atoms with Crippen LogP contribution in [0.5, 0.6) is 0 Å². The van der Waals surface area contributed by atoms with E-state index in [9.17, 15) is 4.79 Å². The smallest absolute Gasteiger partial charge is 0.409 e. The van der Waals surface area contributed by atoms with Gasteiger partial charge in [0.25, 0.3) is 0 Å². The lowest BCUT2D eigenvalue weighted by molar-refractivity contribution is -0.0336. The van der Waals surface area contributed by atoms with E-state index in [-0.39, 0.29) is 12.2 Å². The van der Waals surface area contributed by atoms with E-state index in [1.807, 2.05) is 32.8 Å². The summed E-state index contributed by atoms with van der Waals surface area (Å²) in [4.78, 5) is 15.0. The molecule has 0 saturated carbocycles. The first-order valence-electron chi connectivity index (χ1n) is 5.72. The van der Waals surface area contributed by atoms with E-state index in [0.29, 0.717) is 19.7 Å². The molecule has 16 heavy (non-hydrogen) atoms. The summed E-state index contributed by atoms with van der Waals surface area (Å²) >= 11 is 0. The molecule has 5 nitrogen and oxygen atoms in total. The van der Waals surface area contributed by atoms with Gasteiger partial charge in [-0.05, 0) is 14.1 Å². The molecule has 5 heteroatoms. The number of carbonyl (C=O) groups excluding carboxylic acids is 1. The van der Waals surface area contributed by atoms with Crippen LogP contribution in [0, 0.1) is 0 Å². The van der Waals surface area contributed by atoms with Crippen molar-refractivity contribution in [3.8, 4) is 0 Å². The van der Waals surface area contributed by atoms with Crippen molar-refractivity contribution >= 4 is 6.09 Å². The molecule has 1 saturated heterocycles. The molecule has 0 aromatic carbocycles. The highest BCUT2D eigenvalue weighted by Gasteiger charge is 2.24. The van der Waals surface area contributed by atoms with E-state index in [1.165, 1.54) is 7.11 Å². The number of rotatable bonds is 2. The maximum Gasteiger partial charge on any atom is 0.409 e. The van der Waals surface area contributed by atoms with Gasteiger partial charge in [0, 0.05) is 13.1 Å². The van der Waals surface area contributed by atoms with Gasteiger partial charge in [-0.3, -0.25) is 0 Å². The van der Waals surface area contributed by atoms with Crippen molar-refractivity contribution in [1.82, 2.24) is 9.80 Å². The second-order valence-electron chi connectivity index (χ2n) is 3.67. The third kappa shape index (κ3) is 5.32. The SMILES string of the molecule is CC.COC(=O)N1CCOC(CN(C)C)C1. The standard InChI is InChI=1S/C9H18N2O3.C2H6/c1-10(2)6-8-7-11(4-5-14-8)9(12)13-3;1-2/h8H,4-7H2,1-3H3;1-2H3. The summed E-state index contributed by atoms with van der Waals surface area (Å²) in [6.07, 6.45) is -0.171. The molecule has 1 fully saturated rings. The minimum absolute atomic E-state index is 0.0952. The number of hydrogen-bond acceptors (Lipinski definition) is 4. The number of amides is 1. The predicted octanol–water partition coefficient (Wildman–Crippen LogP) is 1.04. The van der Waals surface area contributed by atoms with Crippen LogP contribution < -0.4 is 0 Å². The zero-order valence-electron chi connectivity index (χ0n) is 11.0. The van der Waals surface area contributed by atoms with Crippen LogP contribution in [0.3, 0.4) is 0 Å². The summed E-state index contributed by atoms with van der Waals surface area (Å²) in [7, 11) is 5.37. The third-order valence-electron chi connectivity index (χ3n) is 2.14. The summed E-state index contributed by atoms with van der Waals surface area (Å²) in [6, 6.07) is 0. The van der Waals surface area contributed by atoms with E-state index < -0.39 is 0 Å². The molecular weight excluding hydrogens is 208 g/mol. The Hall–Kier alpha value is -0.810. The summed E-state index contributed by atoms with van der Waals surface area (Å²) < 4.78 is 10.2. The molecule has 1 aliphatic heterocycles. The first-order chi connectivity index (χ1) is 7.63. The molecule has 1 rings (SSSR count). The summed E-state index contributed by atoms with van der Waals surface area (Å²) in [5.74, 6) is 0. The van der Waals surface area contributed by atoms with Crippen molar-refractivity contribution in [2.45, 2.75) is 20.0 Å². The molecule has 0 N–H and O–H groups in total. The highest BCUT2D eigenvalue weighted by atomic mass is 16.5. The van der Waals surface area contributed by atoms with Crippen molar-refractivity contribution in [1.29, 1.82) is 0 Å². The van der Waals surface area contributed by atoms with Crippen molar-refractivity contribution in [2.75, 3.05) is 47.4 Å². The molecule has 1 aliphatic rings. The van der Waals surface area contributed by atoms with Crippen LogP contribution in [-0.4, -0.2) is 69.4 Å². The second-order valence-corrected chi connectivity index (χ2v) is 3.67. The maximum atomic E-state index is 11.2. The Bertz CT molecular complexity index is 198. The van der Waals surface area contributed by atoms with E-state index in [2.05, 4.69) is 4.74 Å². The predicted molar refractivity (Wildman–Crippen MR) is 63.6 cm³/mol. The summed E-state index contributed by atoms with van der Waals surface area (Å²) in [6.45, 7) is 6.66. The largest absolute Gasteiger partial charge is 0.453 e. The number of likely N-dealkylation sites (N-methyl/N-ethyl adjacent to an activating group) is 1. The third-order valence-corrected chi connectivity index (χ3v) is 2.14. The molecule has 0 aromatic rings. The molecule has 96 valence electrons. The van der Waals surface area contributed by atoms with E-state index in [4.69, 9.17) is 4.74 Å². The fourth-order valence-corrected chi connectivity index (χ4v) is 1.53. The van der Waals surface area contributed by atoms with E-state index >= 15 is 0 Å². The first kappa shape index (κ1) is 15.2. The quantitative estimate of drug-likeness (QED) is 0.713. The minimum Gasteiger partial charge on any atom is -0.453 e. The fraction of sp³-hybridized carbons (Fsp3) is 0.909. The number of hydrogen-bond donors (Lipinski definition) is 0. The normalized spacial score (nSPS) is 20.1. The van der Waals surface area contributed by atoms with Gasteiger partial charge < -0.3 is 19.3 Å². The van der Waals surface area contributed by atoms with E-state index in [0.717, 1.165) is 6.54 Å². The average molecular weight is 232 g/mol. The van der Waals surface area contributed by atoms with Gasteiger partial charge in [0.2, 0.25) is 0 Å². The van der Waals surface area contributed by atoms with Crippen LogP contribution in [0.2, 0.25) is 0 Å². The lowest BCUT2D eigenvalue weighted by atomic mass is 10.2. The molecule has 0 spiro atoms. The monoisotopic (exact) mass is 232 g/mol. The molecule has 0 radical (unpaired) electrons. The number of morpholine rings is 1. The molecular formula is C11H24N2O3. The Kier molecular flexibility index (Phi) is 7.93. The highest BCUT2D eigenvalue weighted by Crippen LogP contribution is 2.06. The number of methoxy groups -OCH3 is 1. The fourth-order valence-electron chi connectivity index (χ4n) is 1.53. The van der Waals surface area contributed by atoms with Gasteiger partial charge in [0.1, 0.15) is 0 Å². The van der Waals surface area contributed by atoms with Gasteiger partial charge in [-0.25, -0.2) is 4.79 Å². The van der Waals surface area contributed by atoms with Crippen LogP contribution in [0.1, 0.15) is 13.8 Å². The molecule has 0 aliphatic carbocycles. The van der Waals surface area contributed by atoms with Gasteiger partial charge in [-0.1, -0.05) is 13.8 Å². The lowest BCUT2D eigenvalue weighted by Gasteiger charge is -2.33. The molecule has 1 amide bonds. The van der Waals surface area contributed by atoms with Crippen molar-refractivity contribution in [3.05, 3.63) is 0 Å². The highest BCUT2D eigenvalue weighted by molar-refractivity contribution is 5.67. The molecule has 1 heterocycles. The van der Waals surface area contributed by atoms with Crippen LogP contribution in [-0.2, 0) is 9.47 Å². The minimum atomic E-state index is -0.267. The molecule has 0 aromatic heterocycles. The number of ether oxygens (including phenoxy) is 2. The van der Waals surface area contributed by atoms with Crippen LogP contribution in [0.25, 0.3) is 0 Å². The lowest BCUT2D eigenvalue weighted by Crippen LogP contribution is -2.48. The Balaban J connectivity index is 0.00000106. The average Bonchev–Trinajstić information content (AvgIpc) is 2.30. The van der Waals surface area contributed by atoms with Crippen molar-refractivity contribution < 1.29 is 14.3 Å². The number of carbonyl (C=O) groups is 1. The molecule has 1 atom stereocenters. The van der Waals surface area contributed by atoms with Crippen LogP contribution in [0.15, 0.2) is 0 Å². The maximum absolute atomic E-state index is 11.2. The summed E-state index contributed by atoms with van der Waals surface area (Å²) in [5, 5.41) is 0.